The molecule has 0 aliphatic heterocycles. The Balaban J connectivity index is 1.20. The van der Waals surface area contributed by atoms with Gasteiger partial charge < -0.3 is 9.32 Å². The molecule has 8 aromatic carbocycles. The van der Waals surface area contributed by atoms with E-state index in [1.165, 1.54) is 62.6 Å². The molecule has 0 N–H and O–H groups in total. The molecule has 11 rings (SSSR count). The van der Waals surface area contributed by atoms with Gasteiger partial charge in [-0.2, -0.15) is 0 Å². The molecular weight excluding hydrogens is 671 g/mol. The zero-order chi connectivity index (χ0) is 34.2. The number of hydrogen-bond donors (Lipinski definition) is 0. The number of hydrogen-bond acceptors (Lipinski definition) is 4. The van der Waals surface area contributed by atoms with Gasteiger partial charge in [0.2, 0.25) is 0 Å². The molecule has 4 heteroatoms. The summed E-state index contributed by atoms with van der Waals surface area (Å²) in [5.74, 6) is 0. The highest BCUT2D eigenvalue weighted by Gasteiger charge is 2.24. The average Bonchev–Trinajstić information content (AvgIpc) is 3.90. The predicted octanol–water partition coefficient (Wildman–Crippen LogP) is 15.1. The summed E-state index contributed by atoms with van der Waals surface area (Å²) >= 11 is 3.73. The van der Waals surface area contributed by atoms with Gasteiger partial charge in [-0.25, -0.2) is 0 Å². The third-order valence-electron chi connectivity index (χ3n) is 10.3. The monoisotopic (exact) mass is 699 g/mol. The molecule has 3 aromatic heterocycles. The molecule has 0 saturated carbocycles. The summed E-state index contributed by atoms with van der Waals surface area (Å²) in [4.78, 5) is 2.43. The number of benzene rings is 8. The average molecular weight is 700 g/mol. The lowest BCUT2D eigenvalue weighted by atomic mass is 9.99. The van der Waals surface area contributed by atoms with Gasteiger partial charge in [0, 0.05) is 56.8 Å². The van der Waals surface area contributed by atoms with E-state index in [9.17, 15) is 0 Å². The Morgan fingerprint density at radius 1 is 0.404 bits per heavy atom. The maximum atomic E-state index is 6.74. The highest BCUT2D eigenvalue weighted by molar-refractivity contribution is 7.26. The van der Waals surface area contributed by atoms with Gasteiger partial charge in [0.25, 0.3) is 0 Å². The third kappa shape index (κ3) is 4.55. The van der Waals surface area contributed by atoms with Crippen molar-refractivity contribution in [1.29, 1.82) is 0 Å². The lowest BCUT2D eigenvalue weighted by Crippen LogP contribution is -2.10. The first-order valence-electron chi connectivity index (χ1n) is 17.5. The second-order valence-corrected chi connectivity index (χ2v) is 15.4. The highest BCUT2D eigenvalue weighted by atomic mass is 32.1. The number of anilines is 3. The van der Waals surface area contributed by atoms with Crippen LogP contribution in [0.3, 0.4) is 0 Å². The van der Waals surface area contributed by atoms with E-state index in [4.69, 9.17) is 4.42 Å². The lowest BCUT2D eigenvalue weighted by Gasteiger charge is -2.27. The predicted molar refractivity (Wildman–Crippen MR) is 225 cm³/mol. The van der Waals surface area contributed by atoms with E-state index in [1.54, 1.807) is 0 Å². The second-order valence-electron chi connectivity index (χ2n) is 13.2. The molecule has 52 heavy (non-hydrogen) atoms. The van der Waals surface area contributed by atoms with E-state index in [2.05, 4.69) is 175 Å². The summed E-state index contributed by atoms with van der Waals surface area (Å²) in [6, 6.07) is 63.6. The van der Waals surface area contributed by atoms with Crippen LogP contribution in [0.2, 0.25) is 0 Å². The van der Waals surface area contributed by atoms with Crippen LogP contribution in [0.25, 0.3) is 84.5 Å². The SMILES string of the molecule is c1ccc(-c2ccc3c(c2)sc2ccc(N(c4cccc5c4oc4ccccc45)c4ccc(-c5ccccc5)c5sc6ccccc6c45)cc23)cc1. The van der Waals surface area contributed by atoms with Crippen molar-refractivity contribution in [3.05, 3.63) is 176 Å². The highest BCUT2D eigenvalue weighted by Crippen LogP contribution is 2.51. The van der Waals surface area contributed by atoms with E-state index >= 15 is 0 Å². The van der Waals surface area contributed by atoms with Crippen molar-refractivity contribution in [3.63, 3.8) is 0 Å². The summed E-state index contributed by atoms with van der Waals surface area (Å²) in [5.41, 5.74) is 9.95. The largest absolute Gasteiger partial charge is 0.454 e. The van der Waals surface area contributed by atoms with Gasteiger partial charge in [0.05, 0.1) is 11.4 Å². The molecule has 0 radical (unpaired) electrons. The van der Waals surface area contributed by atoms with Crippen LogP contribution in [0.1, 0.15) is 0 Å². The van der Waals surface area contributed by atoms with Crippen LogP contribution in [0.5, 0.6) is 0 Å². The topological polar surface area (TPSA) is 16.4 Å². The van der Waals surface area contributed by atoms with Crippen LogP contribution in [-0.4, -0.2) is 0 Å². The lowest BCUT2D eigenvalue weighted by molar-refractivity contribution is 0.669. The fourth-order valence-electron chi connectivity index (χ4n) is 7.87. The molecule has 0 bridgehead atoms. The molecule has 2 nitrogen and oxygen atoms in total. The fraction of sp³-hybridized carbons (Fsp3) is 0. The molecule has 0 unspecified atom stereocenters. The Labute approximate surface area is 308 Å². The van der Waals surface area contributed by atoms with Crippen LogP contribution in [0, 0.1) is 0 Å². The van der Waals surface area contributed by atoms with E-state index < -0.39 is 0 Å². The molecule has 11 aromatic rings. The summed E-state index contributed by atoms with van der Waals surface area (Å²) in [5, 5.41) is 7.27. The molecule has 0 atom stereocenters. The minimum Gasteiger partial charge on any atom is -0.454 e. The van der Waals surface area contributed by atoms with Crippen molar-refractivity contribution in [2.75, 3.05) is 4.90 Å². The fourth-order valence-corrected chi connectivity index (χ4v) is 10.3. The zero-order valence-corrected chi connectivity index (χ0v) is 29.5. The second kappa shape index (κ2) is 11.7. The van der Waals surface area contributed by atoms with Crippen molar-refractivity contribution < 1.29 is 4.42 Å². The van der Waals surface area contributed by atoms with Gasteiger partial charge in [0.1, 0.15) is 5.58 Å². The molecule has 0 aliphatic carbocycles. The third-order valence-corrected chi connectivity index (χ3v) is 12.6. The standard InChI is InChI=1S/C48H29NOS2/c1-3-12-30(13-4-1)32-22-24-36-39-29-33(23-27-44(39)51-45(36)28-32)49(41-19-11-18-37-35-16-7-9-20-42(35)50-47(37)41)40-26-25-34(31-14-5-2-6-15-31)48-46(40)38-17-8-10-21-43(38)52-48/h1-29H. The van der Waals surface area contributed by atoms with Crippen molar-refractivity contribution in [2.45, 2.75) is 0 Å². The van der Waals surface area contributed by atoms with Gasteiger partial charge in [-0.1, -0.05) is 127 Å². The number of rotatable bonds is 5. The van der Waals surface area contributed by atoms with Gasteiger partial charge >= 0.3 is 0 Å². The number of para-hydroxylation sites is 2. The van der Waals surface area contributed by atoms with Crippen LogP contribution >= 0.6 is 22.7 Å². The van der Waals surface area contributed by atoms with E-state index in [0.29, 0.717) is 0 Å². The van der Waals surface area contributed by atoms with Crippen molar-refractivity contribution >= 4 is 102 Å². The number of nitrogens with zero attached hydrogens (tertiary/aromatic N) is 1. The summed E-state index contributed by atoms with van der Waals surface area (Å²) in [6.45, 7) is 0. The normalized spacial score (nSPS) is 11.8. The first-order chi connectivity index (χ1) is 25.8. The Kier molecular flexibility index (Phi) is 6.63. The van der Waals surface area contributed by atoms with E-state index in [1.807, 2.05) is 28.7 Å². The summed E-state index contributed by atoms with van der Waals surface area (Å²) in [6.07, 6.45) is 0. The maximum Gasteiger partial charge on any atom is 0.159 e. The van der Waals surface area contributed by atoms with Crippen LogP contribution in [0.4, 0.5) is 17.1 Å². The number of furan rings is 1. The van der Waals surface area contributed by atoms with E-state index in [-0.39, 0.29) is 0 Å². The number of thiophene rings is 2. The van der Waals surface area contributed by atoms with Gasteiger partial charge in [0.15, 0.2) is 5.58 Å². The van der Waals surface area contributed by atoms with Gasteiger partial charge in [-0.05, 0) is 70.8 Å². The smallest absolute Gasteiger partial charge is 0.159 e. The van der Waals surface area contributed by atoms with Crippen LogP contribution < -0.4 is 4.90 Å². The minimum atomic E-state index is 0.881. The Morgan fingerprint density at radius 3 is 2.00 bits per heavy atom. The molecule has 0 aliphatic rings. The van der Waals surface area contributed by atoms with Gasteiger partial charge in [-0.15, -0.1) is 22.7 Å². The van der Waals surface area contributed by atoms with Crippen molar-refractivity contribution in [1.82, 2.24) is 0 Å². The van der Waals surface area contributed by atoms with Crippen LogP contribution in [-0.2, 0) is 0 Å². The quantitative estimate of drug-likeness (QED) is 0.178. The molecular formula is C48H29NOS2. The first-order valence-corrected chi connectivity index (χ1v) is 19.1. The minimum absolute atomic E-state index is 0.881. The number of fused-ring (bicyclic) bond motifs is 9. The zero-order valence-electron chi connectivity index (χ0n) is 27.9. The molecule has 0 saturated heterocycles. The van der Waals surface area contributed by atoms with Gasteiger partial charge in [-0.3, -0.25) is 0 Å². The molecule has 3 heterocycles. The van der Waals surface area contributed by atoms with E-state index in [0.717, 1.165) is 39.0 Å². The Morgan fingerprint density at radius 2 is 1.13 bits per heavy atom. The summed E-state index contributed by atoms with van der Waals surface area (Å²) in [7, 11) is 0. The summed E-state index contributed by atoms with van der Waals surface area (Å²) < 4.78 is 11.9. The first kappa shape index (κ1) is 29.5. The molecule has 244 valence electrons. The maximum absolute atomic E-state index is 6.74. The molecule has 0 fully saturated rings. The molecule has 0 spiro atoms. The van der Waals surface area contributed by atoms with Crippen LogP contribution in [0.15, 0.2) is 180 Å². The Bertz CT molecular complexity index is 3130. The van der Waals surface area contributed by atoms with Crippen molar-refractivity contribution in [2.24, 2.45) is 0 Å². The molecule has 0 amide bonds. The van der Waals surface area contributed by atoms with Crippen molar-refractivity contribution in [3.8, 4) is 22.3 Å². The Hall–Kier alpha value is -6.20.